The maximum atomic E-state index is 5.98. The van der Waals surface area contributed by atoms with Crippen molar-refractivity contribution in [1.29, 1.82) is 0 Å². The van der Waals surface area contributed by atoms with Crippen molar-refractivity contribution < 1.29 is 4.42 Å². The lowest BCUT2D eigenvalue weighted by molar-refractivity contribution is 0.669. The zero-order chi connectivity index (χ0) is 21.9. The van der Waals surface area contributed by atoms with Crippen LogP contribution in [0.25, 0.3) is 64.9 Å². The summed E-state index contributed by atoms with van der Waals surface area (Å²) in [6, 6.07) is 29.2. The minimum Gasteiger partial charge on any atom is -0.456 e. The zero-order valence-electron chi connectivity index (χ0n) is 17.7. The van der Waals surface area contributed by atoms with Gasteiger partial charge in [-0.2, -0.15) is 0 Å². The maximum absolute atomic E-state index is 5.98. The van der Waals surface area contributed by atoms with Crippen molar-refractivity contribution in [2.24, 2.45) is 0 Å². The molecule has 4 nitrogen and oxygen atoms in total. The summed E-state index contributed by atoms with van der Waals surface area (Å²) in [6.07, 6.45) is 0. The molecule has 0 aliphatic heterocycles. The fraction of sp³-hybridized carbons (Fsp3) is 0.0357. The van der Waals surface area contributed by atoms with Crippen LogP contribution in [0.3, 0.4) is 0 Å². The molecule has 7 aromatic rings. The van der Waals surface area contributed by atoms with Gasteiger partial charge in [0, 0.05) is 42.1 Å². The third-order valence-corrected chi connectivity index (χ3v) is 7.17. The number of thiophene rings is 1. The molecule has 156 valence electrons. The van der Waals surface area contributed by atoms with E-state index < -0.39 is 0 Å². The van der Waals surface area contributed by atoms with E-state index in [1.165, 1.54) is 20.2 Å². The summed E-state index contributed by atoms with van der Waals surface area (Å²) in [7, 11) is 0. The van der Waals surface area contributed by atoms with E-state index in [0.717, 1.165) is 33.1 Å². The molecule has 0 unspecified atom stereocenters. The van der Waals surface area contributed by atoms with Crippen LogP contribution in [0.2, 0.25) is 0 Å². The summed E-state index contributed by atoms with van der Waals surface area (Å²) in [5.74, 6) is 2.05. The molecular weight excluding hydrogens is 426 g/mol. The second-order valence-electron chi connectivity index (χ2n) is 8.15. The monoisotopic (exact) mass is 443 g/mol. The Balaban J connectivity index is 1.39. The largest absolute Gasteiger partial charge is 0.456 e. The van der Waals surface area contributed by atoms with Crippen molar-refractivity contribution in [1.82, 2.24) is 15.0 Å². The van der Waals surface area contributed by atoms with Crippen LogP contribution in [0.15, 0.2) is 89.3 Å². The van der Waals surface area contributed by atoms with Gasteiger partial charge in [-0.1, -0.05) is 36.4 Å². The molecule has 0 atom stereocenters. The Labute approximate surface area is 193 Å². The van der Waals surface area contributed by atoms with Gasteiger partial charge in [-0.05, 0) is 55.5 Å². The second-order valence-corrected chi connectivity index (χ2v) is 9.23. The van der Waals surface area contributed by atoms with Gasteiger partial charge >= 0.3 is 0 Å². The first-order chi connectivity index (χ1) is 16.2. The van der Waals surface area contributed by atoms with E-state index in [1.54, 1.807) is 0 Å². The standard InChI is InChI=1S/C28H17N3OS/c1-16-29-27(17-10-12-24-21(14-17)19-6-2-4-8-23(19)32-24)31-28(30-16)18-11-13-26-22(15-18)20-7-3-5-9-25(20)33-26/h2-15H,1H3. The Bertz CT molecular complexity index is 1720. The average Bonchev–Trinajstić information content (AvgIpc) is 3.41. The fourth-order valence-corrected chi connectivity index (χ4v) is 5.56. The smallest absolute Gasteiger partial charge is 0.163 e. The van der Waals surface area contributed by atoms with Crippen molar-refractivity contribution in [2.45, 2.75) is 6.92 Å². The van der Waals surface area contributed by atoms with E-state index >= 15 is 0 Å². The van der Waals surface area contributed by atoms with E-state index in [0.29, 0.717) is 17.5 Å². The number of furan rings is 1. The van der Waals surface area contributed by atoms with Gasteiger partial charge in [-0.25, -0.2) is 15.0 Å². The molecule has 7 rings (SSSR count). The van der Waals surface area contributed by atoms with Gasteiger partial charge in [0.15, 0.2) is 11.6 Å². The van der Waals surface area contributed by atoms with Crippen LogP contribution < -0.4 is 0 Å². The highest BCUT2D eigenvalue weighted by Crippen LogP contribution is 2.36. The molecule has 4 aromatic carbocycles. The van der Waals surface area contributed by atoms with Crippen LogP contribution >= 0.6 is 11.3 Å². The van der Waals surface area contributed by atoms with E-state index in [2.05, 4.69) is 64.6 Å². The Morgan fingerprint density at radius 1 is 0.576 bits per heavy atom. The number of rotatable bonds is 2. The molecule has 0 radical (unpaired) electrons. The number of aryl methyl sites for hydroxylation is 1. The second kappa shape index (κ2) is 6.95. The SMILES string of the molecule is Cc1nc(-c2ccc3oc4ccccc4c3c2)nc(-c2ccc3sc4ccccc4c3c2)n1. The fourth-order valence-electron chi connectivity index (χ4n) is 4.47. The molecule has 0 amide bonds. The minimum absolute atomic E-state index is 0.667. The van der Waals surface area contributed by atoms with E-state index in [4.69, 9.17) is 9.40 Å². The van der Waals surface area contributed by atoms with Crippen LogP contribution in [-0.4, -0.2) is 15.0 Å². The first kappa shape index (κ1) is 18.5. The highest BCUT2D eigenvalue weighted by atomic mass is 32.1. The van der Waals surface area contributed by atoms with Gasteiger partial charge in [-0.15, -0.1) is 11.3 Å². The molecule has 0 fully saturated rings. The molecule has 33 heavy (non-hydrogen) atoms. The molecule has 0 N–H and O–H groups in total. The van der Waals surface area contributed by atoms with Crippen LogP contribution in [0.1, 0.15) is 5.82 Å². The summed E-state index contributed by atoms with van der Waals surface area (Å²) in [4.78, 5) is 14.2. The van der Waals surface area contributed by atoms with Gasteiger partial charge in [0.1, 0.15) is 17.0 Å². The molecule has 0 bridgehead atoms. The number of para-hydroxylation sites is 1. The summed E-state index contributed by atoms with van der Waals surface area (Å²) in [6.45, 7) is 1.92. The van der Waals surface area contributed by atoms with Crippen molar-refractivity contribution in [3.05, 3.63) is 90.8 Å². The highest BCUT2D eigenvalue weighted by molar-refractivity contribution is 7.25. The van der Waals surface area contributed by atoms with Gasteiger partial charge in [0.2, 0.25) is 0 Å². The predicted octanol–water partition coefficient (Wildman–Crippen LogP) is 7.78. The van der Waals surface area contributed by atoms with Crippen molar-refractivity contribution >= 4 is 53.4 Å². The van der Waals surface area contributed by atoms with Crippen molar-refractivity contribution in [2.75, 3.05) is 0 Å². The number of hydrogen-bond acceptors (Lipinski definition) is 5. The number of benzene rings is 4. The first-order valence-electron chi connectivity index (χ1n) is 10.8. The quantitative estimate of drug-likeness (QED) is 0.274. The Morgan fingerprint density at radius 3 is 2.06 bits per heavy atom. The van der Waals surface area contributed by atoms with Crippen LogP contribution in [0.5, 0.6) is 0 Å². The summed E-state index contributed by atoms with van der Waals surface area (Å²) < 4.78 is 8.53. The molecule has 0 saturated carbocycles. The molecule has 5 heteroatoms. The van der Waals surface area contributed by atoms with Gasteiger partial charge in [-0.3, -0.25) is 0 Å². The highest BCUT2D eigenvalue weighted by Gasteiger charge is 2.13. The maximum Gasteiger partial charge on any atom is 0.163 e. The summed E-state index contributed by atoms with van der Waals surface area (Å²) in [5.41, 5.74) is 3.68. The lowest BCUT2D eigenvalue weighted by Gasteiger charge is -2.06. The molecule has 3 aromatic heterocycles. The molecular formula is C28H17N3OS. The normalized spacial score (nSPS) is 11.8. The third-order valence-electron chi connectivity index (χ3n) is 6.02. The van der Waals surface area contributed by atoms with E-state index in [1.807, 2.05) is 48.6 Å². The molecule has 3 heterocycles. The van der Waals surface area contributed by atoms with Crippen LogP contribution in [0.4, 0.5) is 0 Å². The van der Waals surface area contributed by atoms with Crippen LogP contribution in [0, 0.1) is 6.92 Å². The number of hydrogen-bond donors (Lipinski definition) is 0. The number of fused-ring (bicyclic) bond motifs is 6. The average molecular weight is 444 g/mol. The first-order valence-corrected chi connectivity index (χ1v) is 11.6. The lowest BCUT2D eigenvalue weighted by atomic mass is 10.1. The lowest BCUT2D eigenvalue weighted by Crippen LogP contribution is -1.99. The third kappa shape index (κ3) is 2.93. The Morgan fingerprint density at radius 2 is 1.21 bits per heavy atom. The molecule has 0 aliphatic rings. The molecule has 0 aliphatic carbocycles. The van der Waals surface area contributed by atoms with E-state index in [9.17, 15) is 0 Å². The Hall–Kier alpha value is -4.09. The topological polar surface area (TPSA) is 51.8 Å². The van der Waals surface area contributed by atoms with Gasteiger partial charge < -0.3 is 4.42 Å². The van der Waals surface area contributed by atoms with E-state index in [-0.39, 0.29) is 0 Å². The van der Waals surface area contributed by atoms with Crippen molar-refractivity contribution in [3.8, 4) is 22.8 Å². The number of nitrogens with zero attached hydrogens (tertiary/aromatic N) is 3. The predicted molar refractivity (Wildman–Crippen MR) is 136 cm³/mol. The molecule has 0 saturated heterocycles. The zero-order valence-corrected chi connectivity index (χ0v) is 18.6. The van der Waals surface area contributed by atoms with Gasteiger partial charge in [0.05, 0.1) is 0 Å². The minimum atomic E-state index is 0.667. The van der Waals surface area contributed by atoms with Crippen molar-refractivity contribution in [3.63, 3.8) is 0 Å². The summed E-state index contributed by atoms with van der Waals surface area (Å²) in [5, 5.41) is 4.66. The van der Waals surface area contributed by atoms with Crippen LogP contribution in [-0.2, 0) is 0 Å². The Kier molecular flexibility index (Phi) is 3.89. The molecule has 0 spiro atoms. The summed E-state index contributed by atoms with van der Waals surface area (Å²) >= 11 is 1.81. The van der Waals surface area contributed by atoms with Gasteiger partial charge in [0.25, 0.3) is 0 Å². The number of aromatic nitrogens is 3.